The molecule has 1 aliphatic rings. The average Bonchev–Trinajstić information content (AvgIpc) is 2.66. The van der Waals surface area contributed by atoms with Crippen molar-refractivity contribution < 1.29 is 9.23 Å². The lowest BCUT2D eigenvalue weighted by molar-refractivity contribution is 0.125. The zero-order valence-corrected chi connectivity index (χ0v) is 8.33. The molecule has 1 atom stereocenters. The van der Waals surface area contributed by atoms with E-state index >= 15 is 0 Å². The predicted octanol–water partition coefficient (Wildman–Crippen LogP) is 2.50. The number of benzene rings is 1. The van der Waals surface area contributed by atoms with E-state index in [2.05, 4.69) is 5.16 Å². The highest BCUT2D eigenvalue weighted by molar-refractivity contribution is 6.34. The van der Waals surface area contributed by atoms with E-state index in [1.54, 1.807) is 6.07 Å². The Bertz CT molecular complexity index is 447. The number of oxime groups is 1. The van der Waals surface area contributed by atoms with Crippen LogP contribution in [0.2, 0.25) is 5.02 Å². The van der Waals surface area contributed by atoms with Crippen LogP contribution in [-0.4, -0.2) is 11.8 Å². The summed E-state index contributed by atoms with van der Waals surface area (Å²) >= 11 is 5.84. The fourth-order valence-corrected chi connectivity index (χ4v) is 1.64. The second-order valence-corrected chi connectivity index (χ2v) is 3.47. The molecule has 0 saturated heterocycles. The summed E-state index contributed by atoms with van der Waals surface area (Å²) in [4.78, 5) is 4.78. The second kappa shape index (κ2) is 3.87. The highest BCUT2D eigenvalue weighted by atomic mass is 35.5. The smallest absolute Gasteiger partial charge is 0.218 e. The van der Waals surface area contributed by atoms with Gasteiger partial charge in [-0.1, -0.05) is 22.8 Å². The van der Waals surface area contributed by atoms with Gasteiger partial charge in [0.15, 0.2) is 0 Å². The molecule has 15 heavy (non-hydrogen) atoms. The Morgan fingerprint density at radius 2 is 2.40 bits per heavy atom. The van der Waals surface area contributed by atoms with Crippen LogP contribution in [0.3, 0.4) is 0 Å². The lowest BCUT2D eigenvalue weighted by Crippen LogP contribution is -2.07. The zero-order chi connectivity index (χ0) is 10.8. The van der Waals surface area contributed by atoms with Gasteiger partial charge >= 0.3 is 0 Å². The van der Waals surface area contributed by atoms with Crippen molar-refractivity contribution in [2.24, 2.45) is 5.16 Å². The summed E-state index contributed by atoms with van der Waals surface area (Å²) in [5, 5.41) is 12.5. The molecule has 3 nitrogen and oxygen atoms in total. The van der Waals surface area contributed by atoms with Gasteiger partial charge in [0.25, 0.3) is 0 Å². The maximum atomic E-state index is 13.4. The summed E-state index contributed by atoms with van der Waals surface area (Å²) < 4.78 is 13.4. The molecule has 0 aliphatic carbocycles. The molecule has 76 valence electrons. The number of hydrogen-bond donors (Lipinski definition) is 0. The molecule has 1 unspecified atom stereocenters. The van der Waals surface area contributed by atoms with Crippen molar-refractivity contribution in [1.82, 2.24) is 0 Å². The molecule has 1 aromatic carbocycles. The topological polar surface area (TPSA) is 45.4 Å². The van der Waals surface area contributed by atoms with Crippen LogP contribution in [0.5, 0.6) is 0 Å². The van der Waals surface area contributed by atoms with Crippen molar-refractivity contribution in [2.75, 3.05) is 0 Å². The summed E-state index contributed by atoms with van der Waals surface area (Å²) in [6.45, 7) is 0. The van der Waals surface area contributed by atoms with E-state index < -0.39 is 11.9 Å². The summed E-state index contributed by atoms with van der Waals surface area (Å²) in [6.07, 6.45) is -0.382. The van der Waals surface area contributed by atoms with E-state index in [-0.39, 0.29) is 17.0 Å². The molecule has 1 aromatic rings. The Kier molecular flexibility index (Phi) is 2.57. The quantitative estimate of drug-likeness (QED) is 0.736. The molecule has 0 fully saturated rings. The molecular weight excluding hydrogens is 219 g/mol. The van der Waals surface area contributed by atoms with Crippen molar-refractivity contribution in [3.8, 4) is 6.07 Å². The van der Waals surface area contributed by atoms with Gasteiger partial charge in [-0.3, -0.25) is 0 Å². The summed E-state index contributed by atoms with van der Waals surface area (Å²) in [5.41, 5.74) is 0.599. The van der Waals surface area contributed by atoms with Crippen molar-refractivity contribution >= 4 is 17.3 Å². The van der Waals surface area contributed by atoms with E-state index in [0.717, 1.165) is 0 Å². The van der Waals surface area contributed by atoms with E-state index in [0.29, 0.717) is 5.71 Å². The summed E-state index contributed by atoms with van der Waals surface area (Å²) in [7, 11) is 0. The van der Waals surface area contributed by atoms with Crippen LogP contribution in [0.15, 0.2) is 23.4 Å². The van der Waals surface area contributed by atoms with E-state index in [1.807, 2.05) is 6.07 Å². The molecule has 0 amide bonds. The van der Waals surface area contributed by atoms with Crippen molar-refractivity contribution in [1.29, 1.82) is 5.26 Å². The standard InChI is InChI=1S/C10H6ClFN2O/c11-7-2-1-3-8(12)10(7)9-4-6(5-13)15-14-9/h1-3,6H,4H2. The molecule has 0 bridgehead atoms. The molecular formula is C10H6ClFN2O. The average molecular weight is 225 g/mol. The summed E-state index contributed by atoms with van der Waals surface area (Å²) in [6, 6.07) is 6.28. The molecule has 0 radical (unpaired) electrons. The van der Waals surface area contributed by atoms with Crippen LogP contribution in [0.25, 0.3) is 0 Å². The first kappa shape index (κ1) is 9.94. The van der Waals surface area contributed by atoms with Gasteiger partial charge in [-0.2, -0.15) is 5.26 Å². The number of rotatable bonds is 1. The van der Waals surface area contributed by atoms with E-state index in [4.69, 9.17) is 21.7 Å². The molecule has 5 heteroatoms. The zero-order valence-electron chi connectivity index (χ0n) is 7.58. The Labute approximate surface area is 90.7 Å². The van der Waals surface area contributed by atoms with Gasteiger partial charge in [0.1, 0.15) is 11.9 Å². The lowest BCUT2D eigenvalue weighted by Gasteiger charge is -2.02. The second-order valence-electron chi connectivity index (χ2n) is 3.06. The van der Waals surface area contributed by atoms with Crippen LogP contribution < -0.4 is 0 Å². The van der Waals surface area contributed by atoms with Crippen LogP contribution >= 0.6 is 11.6 Å². The number of nitriles is 1. The van der Waals surface area contributed by atoms with Crippen LogP contribution in [0.1, 0.15) is 12.0 Å². The number of nitrogens with zero attached hydrogens (tertiary/aromatic N) is 2. The highest BCUT2D eigenvalue weighted by Crippen LogP contribution is 2.25. The molecule has 2 rings (SSSR count). The molecule has 0 saturated carbocycles. The lowest BCUT2D eigenvalue weighted by atomic mass is 10.0. The first-order valence-corrected chi connectivity index (χ1v) is 4.67. The van der Waals surface area contributed by atoms with Crippen LogP contribution in [-0.2, 0) is 4.84 Å². The fourth-order valence-electron chi connectivity index (χ4n) is 1.37. The minimum Gasteiger partial charge on any atom is -0.376 e. The molecule has 0 aromatic heterocycles. The molecule has 0 N–H and O–H groups in total. The van der Waals surface area contributed by atoms with Crippen molar-refractivity contribution in [2.45, 2.75) is 12.5 Å². The molecule has 0 spiro atoms. The van der Waals surface area contributed by atoms with Gasteiger partial charge in [0.05, 0.1) is 16.3 Å². The van der Waals surface area contributed by atoms with Gasteiger partial charge < -0.3 is 4.84 Å². The first-order chi connectivity index (χ1) is 7.22. The predicted molar refractivity (Wildman–Crippen MR) is 53.1 cm³/mol. The Morgan fingerprint density at radius 3 is 3.00 bits per heavy atom. The van der Waals surface area contributed by atoms with Gasteiger partial charge in [-0.05, 0) is 12.1 Å². The highest BCUT2D eigenvalue weighted by Gasteiger charge is 2.25. The first-order valence-electron chi connectivity index (χ1n) is 4.29. The largest absolute Gasteiger partial charge is 0.376 e. The third-order valence-corrected chi connectivity index (χ3v) is 2.38. The van der Waals surface area contributed by atoms with E-state index in [1.165, 1.54) is 12.1 Å². The molecule has 1 heterocycles. The Hall–Kier alpha value is -1.60. The third-order valence-electron chi connectivity index (χ3n) is 2.06. The minimum atomic E-state index is -0.643. The fraction of sp³-hybridized carbons (Fsp3) is 0.200. The molecule has 1 aliphatic heterocycles. The third kappa shape index (κ3) is 1.79. The number of halogens is 2. The monoisotopic (exact) mass is 224 g/mol. The van der Waals surface area contributed by atoms with E-state index in [9.17, 15) is 4.39 Å². The van der Waals surface area contributed by atoms with Gasteiger partial charge in [-0.25, -0.2) is 4.39 Å². The van der Waals surface area contributed by atoms with Crippen LogP contribution in [0.4, 0.5) is 4.39 Å². The summed E-state index contributed by atoms with van der Waals surface area (Å²) in [5.74, 6) is -0.455. The Morgan fingerprint density at radius 1 is 1.60 bits per heavy atom. The van der Waals surface area contributed by atoms with Gasteiger partial charge in [-0.15, -0.1) is 0 Å². The SMILES string of the molecule is N#CC1CC(c2c(F)cccc2Cl)=NO1. The normalized spacial score (nSPS) is 19.3. The van der Waals surface area contributed by atoms with Gasteiger partial charge in [0.2, 0.25) is 6.10 Å². The van der Waals surface area contributed by atoms with Crippen LogP contribution in [0, 0.1) is 17.1 Å². The maximum absolute atomic E-state index is 13.4. The maximum Gasteiger partial charge on any atom is 0.218 e. The van der Waals surface area contributed by atoms with Crippen molar-refractivity contribution in [3.05, 3.63) is 34.6 Å². The number of hydrogen-bond acceptors (Lipinski definition) is 3. The van der Waals surface area contributed by atoms with Gasteiger partial charge in [0, 0.05) is 6.42 Å². The Balaban J connectivity index is 2.36. The van der Waals surface area contributed by atoms with Crippen molar-refractivity contribution in [3.63, 3.8) is 0 Å². The minimum absolute atomic E-state index is 0.219.